The minimum atomic E-state index is -0.0490. The molecule has 4 nitrogen and oxygen atoms in total. The van der Waals surface area contributed by atoms with E-state index in [1.807, 2.05) is 0 Å². The molecule has 1 aromatic rings. The number of aromatic amines is 1. The number of rotatable bonds is 4. The van der Waals surface area contributed by atoms with Crippen LogP contribution in [0.25, 0.3) is 0 Å². The Bertz CT molecular complexity index is 425. The van der Waals surface area contributed by atoms with Crippen LogP contribution in [0, 0.1) is 9.49 Å². The van der Waals surface area contributed by atoms with Crippen molar-refractivity contribution in [1.29, 1.82) is 0 Å². The average molecular weight is 333 g/mol. The molecule has 1 saturated carbocycles. The number of hydrogen-bond donors (Lipinski definition) is 1. The molecule has 1 heterocycles. The van der Waals surface area contributed by atoms with Gasteiger partial charge in [0.25, 0.3) is 5.56 Å². The van der Waals surface area contributed by atoms with Gasteiger partial charge in [0.1, 0.15) is 9.39 Å². The zero-order valence-electron chi connectivity index (χ0n) is 9.53. The van der Waals surface area contributed by atoms with Crippen LogP contribution in [-0.4, -0.2) is 22.6 Å². The van der Waals surface area contributed by atoms with Gasteiger partial charge in [-0.2, -0.15) is 0 Å². The van der Waals surface area contributed by atoms with Crippen LogP contribution < -0.4 is 10.5 Å². The molecule has 0 radical (unpaired) electrons. The molecule has 0 aliphatic heterocycles. The van der Waals surface area contributed by atoms with Gasteiger partial charge in [0, 0.05) is 12.6 Å². The topological polar surface area (TPSA) is 49.0 Å². The quantitative estimate of drug-likeness (QED) is 0.858. The summed E-state index contributed by atoms with van der Waals surface area (Å²) in [6, 6.07) is 0.378. The van der Waals surface area contributed by atoms with Crippen molar-refractivity contribution in [2.45, 2.75) is 32.7 Å². The van der Waals surface area contributed by atoms with E-state index in [9.17, 15) is 4.79 Å². The van der Waals surface area contributed by atoms with Gasteiger partial charge < -0.3 is 9.88 Å². The fraction of sp³-hybridized carbons (Fsp3) is 0.636. The number of nitrogens with one attached hydrogen (secondary N) is 1. The first-order chi connectivity index (χ1) is 7.59. The number of aromatic nitrogens is 2. The molecule has 5 heteroatoms. The van der Waals surface area contributed by atoms with Gasteiger partial charge >= 0.3 is 0 Å². The molecular formula is C11H16IN3O. The molecule has 0 bridgehead atoms. The van der Waals surface area contributed by atoms with Crippen LogP contribution in [0.3, 0.4) is 0 Å². The Labute approximate surface area is 109 Å². The lowest BCUT2D eigenvalue weighted by Crippen LogP contribution is -2.35. The van der Waals surface area contributed by atoms with Crippen LogP contribution in [0.5, 0.6) is 0 Å². The van der Waals surface area contributed by atoms with Crippen LogP contribution in [-0.2, 0) is 0 Å². The maximum absolute atomic E-state index is 11.5. The molecule has 1 aliphatic carbocycles. The van der Waals surface area contributed by atoms with E-state index in [0.29, 0.717) is 9.61 Å². The first kappa shape index (κ1) is 11.9. The minimum Gasteiger partial charge on any atom is -0.353 e. The van der Waals surface area contributed by atoms with Crippen LogP contribution in [0.2, 0.25) is 0 Å². The van der Waals surface area contributed by atoms with E-state index in [-0.39, 0.29) is 5.56 Å². The molecule has 1 aliphatic rings. The minimum absolute atomic E-state index is 0.0490. The Kier molecular flexibility index (Phi) is 3.51. The Morgan fingerprint density at radius 3 is 2.88 bits per heavy atom. The molecule has 88 valence electrons. The summed E-state index contributed by atoms with van der Waals surface area (Å²) < 4.78 is 0.689. The largest absolute Gasteiger partial charge is 0.353 e. The summed E-state index contributed by atoms with van der Waals surface area (Å²) in [6.45, 7) is 5.30. The van der Waals surface area contributed by atoms with Crippen molar-refractivity contribution in [3.05, 3.63) is 20.3 Å². The average Bonchev–Trinajstić information content (AvgIpc) is 3.03. The predicted molar refractivity (Wildman–Crippen MR) is 72.8 cm³/mol. The molecule has 1 fully saturated rings. The summed E-state index contributed by atoms with van der Waals surface area (Å²) in [7, 11) is 0. The summed E-state index contributed by atoms with van der Waals surface area (Å²) in [6.07, 6.45) is 4.11. The molecule has 0 aromatic carbocycles. The van der Waals surface area contributed by atoms with Crippen molar-refractivity contribution in [2.75, 3.05) is 11.4 Å². The van der Waals surface area contributed by atoms with E-state index in [2.05, 4.69) is 51.3 Å². The molecule has 0 saturated heterocycles. The molecule has 1 N–H and O–H groups in total. The van der Waals surface area contributed by atoms with Gasteiger partial charge in [-0.3, -0.25) is 4.79 Å². The van der Waals surface area contributed by atoms with E-state index < -0.39 is 0 Å². The Hall–Kier alpha value is -0.590. The molecule has 0 unspecified atom stereocenters. The van der Waals surface area contributed by atoms with Gasteiger partial charge in [0.05, 0.1) is 6.33 Å². The van der Waals surface area contributed by atoms with Crippen LogP contribution in [0.15, 0.2) is 11.1 Å². The van der Waals surface area contributed by atoms with Crippen molar-refractivity contribution < 1.29 is 0 Å². The van der Waals surface area contributed by atoms with Gasteiger partial charge in [0.15, 0.2) is 0 Å². The molecule has 0 spiro atoms. The van der Waals surface area contributed by atoms with Gasteiger partial charge in [-0.05, 0) is 55.2 Å². The first-order valence-electron chi connectivity index (χ1n) is 5.59. The lowest BCUT2D eigenvalue weighted by molar-refractivity contribution is 0.633. The van der Waals surface area contributed by atoms with Gasteiger partial charge in [0.2, 0.25) is 0 Å². The molecule has 2 rings (SSSR count). The normalized spacial score (nSPS) is 15.5. The summed E-state index contributed by atoms with van der Waals surface area (Å²) in [5.41, 5.74) is -0.0490. The maximum atomic E-state index is 11.5. The number of hydrogen-bond acceptors (Lipinski definition) is 3. The third-order valence-corrected chi connectivity index (χ3v) is 3.80. The molecular weight excluding hydrogens is 317 g/mol. The fourth-order valence-electron chi connectivity index (χ4n) is 1.69. The Balaban J connectivity index is 2.29. The lowest BCUT2D eigenvalue weighted by Gasteiger charge is -2.28. The highest BCUT2D eigenvalue weighted by atomic mass is 127. The number of H-pyrrole nitrogens is 1. The monoisotopic (exact) mass is 333 g/mol. The standard InChI is InChI=1S/C11H16IN3O/c1-7(2)15(5-8-3-4-8)10-9(12)11(16)14-6-13-10/h6-8H,3-5H2,1-2H3,(H,13,14,16). The van der Waals surface area contributed by atoms with Gasteiger partial charge in [-0.1, -0.05) is 0 Å². The van der Waals surface area contributed by atoms with E-state index in [0.717, 1.165) is 18.3 Å². The number of anilines is 1. The van der Waals surface area contributed by atoms with Crippen molar-refractivity contribution in [2.24, 2.45) is 5.92 Å². The molecule has 0 amide bonds. The zero-order valence-corrected chi connectivity index (χ0v) is 11.7. The highest BCUT2D eigenvalue weighted by Gasteiger charge is 2.27. The summed E-state index contributed by atoms with van der Waals surface area (Å²) in [4.78, 5) is 20.7. The third kappa shape index (κ3) is 2.56. The number of nitrogens with zero attached hydrogens (tertiary/aromatic N) is 2. The second kappa shape index (κ2) is 4.73. The zero-order chi connectivity index (χ0) is 11.7. The van der Waals surface area contributed by atoms with Crippen molar-refractivity contribution in [3.8, 4) is 0 Å². The maximum Gasteiger partial charge on any atom is 0.266 e. The Morgan fingerprint density at radius 1 is 1.62 bits per heavy atom. The van der Waals surface area contributed by atoms with Crippen molar-refractivity contribution in [1.82, 2.24) is 9.97 Å². The second-order valence-corrected chi connectivity index (χ2v) is 5.64. The third-order valence-electron chi connectivity index (χ3n) is 2.83. The fourth-order valence-corrected chi connectivity index (χ4v) is 2.30. The van der Waals surface area contributed by atoms with Gasteiger partial charge in [-0.15, -0.1) is 0 Å². The predicted octanol–water partition coefficient (Wildman–Crippen LogP) is 2.00. The van der Waals surface area contributed by atoms with E-state index >= 15 is 0 Å². The summed E-state index contributed by atoms with van der Waals surface area (Å²) in [5.74, 6) is 1.62. The van der Waals surface area contributed by atoms with E-state index in [1.165, 1.54) is 19.2 Å². The lowest BCUT2D eigenvalue weighted by atomic mass is 10.2. The highest BCUT2D eigenvalue weighted by molar-refractivity contribution is 14.1. The second-order valence-electron chi connectivity index (χ2n) is 4.56. The van der Waals surface area contributed by atoms with E-state index in [4.69, 9.17) is 0 Å². The molecule has 0 atom stereocenters. The van der Waals surface area contributed by atoms with Crippen LogP contribution in [0.1, 0.15) is 26.7 Å². The smallest absolute Gasteiger partial charge is 0.266 e. The SMILES string of the molecule is CC(C)N(CC1CC1)c1nc[nH]c(=O)c1I. The van der Waals surface area contributed by atoms with E-state index in [1.54, 1.807) is 0 Å². The highest BCUT2D eigenvalue weighted by Crippen LogP contribution is 2.32. The molecule has 1 aromatic heterocycles. The summed E-state index contributed by atoms with van der Waals surface area (Å²) >= 11 is 2.07. The number of halogens is 1. The van der Waals surface area contributed by atoms with Crippen LogP contribution >= 0.6 is 22.6 Å². The van der Waals surface area contributed by atoms with Crippen molar-refractivity contribution in [3.63, 3.8) is 0 Å². The van der Waals surface area contributed by atoms with Crippen molar-refractivity contribution >= 4 is 28.4 Å². The Morgan fingerprint density at radius 2 is 2.31 bits per heavy atom. The summed E-state index contributed by atoms with van der Waals surface area (Å²) in [5, 5.41) is 0. The molecule has 16 heavy (non-hydrogen) atoms. The van der Waals surface area contributed by atoms with Crippen LogP contribution in [0.4, 0.5) is 5.82 Å². The first-order valence-corrected chi connectivity index (χ1v) is 6.67. The van der Waals surface area contributed by atoms with Gasteiger partial charge in [-0.25, -0.2) is 4.98 Å².